The molecule has 0 aromatic heterocycles. The Bertz CT molecular complexity index is 789. The highest BCUT2D eigenvalue weighted by Crippen LogP contribution is 2.33. The topological polar surface area (TPSA) is 52.6 Å². The number of phenolic OH excluding ortho intramolecular Hbond substituents is 1. The molecule has 2 aromatic rings. The molecule has 0 aliphatic heterocycles. The predicted octanol–water partition coefficient (Wildman–Crippen LogP) is 4.10. The van der Waals surface area contributed by atoms with Crippen molar-refractivity contribution in [2.75, 3.05) is 14.1 Å². The molecule has 0 saturated carbocycles. The zero-order valence-electron chi connectivity index (χ0n) is 15.9. The third-order valence-corrected chi connectivity index (χ3v) is 5.60. The van der Waals surface area contributed by atoms with E-state index in [-0.39, 0.29) is 23.7 Å². The van der Waals surface area contributed by atoms with Crippen LogP contribution in [0.15, 0.2) is 42.5 Å². The summed E-state index contributed by atoms with van der Waals surface area (Å²) in [6, 6.07) is 13.6. The van der Waals surface area contributed by atoms with Gasteiger partial charge in [0.25, 0.3) is 0 Å². The number of nitrogens with zero attached hydrogens (tertiary/aromatic N) is 1. The molecule has 0 saturated heterocycles. The Morgan fingerprint density at radius 3 is 2.70 bits per heavy atom. The average Bonchev–Trinajstić information content (AvgIpc) is 3.02. The lowest BCUT2D eigenvalue weighted by molar-refractivity contribution is -0.122. The van der Waals surface area contributed by atoms with Crippen molar-refractivity contribution in [3.05, 3.63) is 64.2 Å². The number of amides is 1. The van der Waals surface area contributed by atoms with Crippen LogP contribution in [0, 0.1) is 0 Å². The fraction of sp³-hybridized carbons (Fsp3) is 0.409. The smallest absolute Gasteiger partial charge is 0.220 e. The zero-order chi connectivity index (χ0) is 19.4. The highest BCUT2D eigenvalue weighted by atomic mass is 35.5. The van der Waals surface area contributed by atoms with E-state index >= 15 is 0 Å². The van der Waals surface area contributed by atoms with Gasteiger partial charge in [-0.15, -0.1) is 0 Å². The van der Waals surface area contributed by atoms with E-state index in [2.05, 4.69) is 16.3 Å². The van der Waals surface area contributed by atoms with Crippen LogP contribution in [0.1, 0.15) is 42.0 Å². The number of phenols is 1. The van der Waals surface area contributed by atoms with Crippen LogP contribution in [0.4, 0.5) is 0 Å². The first-order chi connectivity index (χ1) is 12.9. The lowest BCUT2D eigenvalue weighted by Crippen LogP contribution is -2.33. The normalized spacial score (nSPS) is 17.0. The number of fused-ring (bicyclic) bond motifs is 1. The Kier molecular flexibility index (Phi) is 6.40. The van der Waals surface area contributed by atoms with Crippen LogP contribution in [0.25, 0.3) is 0 Å². The van der Waals surface area contributed by atoms with Crippen LogP contribution in [-0.4, -0.2) is 36.1 Å². The Labute approximate surface area is 166 Å². The van der Waals surface area contributed by atoms with Crippen molar-refractivity contribution < 1.29 is 9.90 Å². The molecule has 3 rings (SSSR count). The minimum atomic E-state index is 0.0705. The molecule has 1 aliphatic carbocycles. The molecular weight excluding hydrogens is 360 g/mol. The molecule has 1 aliphatic rings. The monoisotopic (exact) mass is 386 g/mol. The molecule has 2 aromatic carbocycles. The van der Waals surface area contributed by atoms with Crippen molar-refractivity contribution in [3.63, 3.8) is 0 Å². The van der Waals surface area contributed by atoms with Crippen molar-refractivity contribution in [2.45, 2.75) is 44.2 Å². The number of carbonyl (C=O) groups is 1. The van der Waals surface area contributed by atoms with Crippen LogP contribution in [0.2, 0.25) is 5.02 Å². The van der Waals surface area contributed by atoms with Gasteiger partial charge in [-0.3, -0.25) is 4.79 Å². The Hall–Kier alpha value is -2.04. The molecule has 2 atom stereocenters. The van der Waals surface area contributed by atoms with Crippen LogP contribution in [0.5, 0.6) is 5.75 Å². The van der Waals surface area contributed by atoms with E-state index in [1.54, 1.807) is 12.1 Å². The molecule has 1 unspecified atom stereocenters. The highest BCUT2D eigenvalue weighted by molar-refractivity contribution is 6.30. The number of nitrogens with one attached hydrogen (secondary N) is 1. The van der Waals surface area contributed by atoms with E-state index in [1.807, 2.05) is 38.4 Å². The second-order valence-corrected chi connectivity index (χ2v) is 7.97. The number of hydrogen-bond acceptors (Lipinski definition) is 3. The summed E-state index contributed by atoms with van der Waals surface area (Å²) < 4.78 is 0. The fourth-order valence-electron chi connectivity index (χ4n) is 3.73. The summed E-state index contributed by atoms with van der Waals surface area (Å²) >= 11 is 6.12. The molecule has 0 fully saturated rings. The summed E-state index contributed by atoms with van der Waals surface area (Å²) in [6.45, 7) is 0. The molecule has 5 heteroatoms. The standard InChI is InChI=1S/C22H27ClN2O2/c1-25(2)18(13-15-3-9-19(26)10-4-15)8-12-22(27)24-21-11-6-16-5-7-17(23)14-20(16)21/h3-5,7,9-10,14,18,21,26H,6,8,11-13H2,1-2H3,(H,24,27)/t18-,21?/m1/s1. The summed E-state index contributed by atoms with van der Waals surface area (Å²) in [7, 11) is 4.08. The highest BCUT2D eigenvalue weighted by Gasteiger charge is 2.24. The van der Waals surface area contributed by atoms with Crippen LogP contribution >= 0.6 is 11.6 Å². The maximum absolute atomic E-state index is 12.5. The van der Waals surface area contributed by atoms with E-state index in [0.29, 0.717) is 6.42 Å². The van der Waals surface area contributed by atoms with Crippen molar-refractivity contribution in [1.29, 1.82) is 0 Å². The third kappa shape index (κ3) is 5.24. The second-order valence-electron chi connectivity index (χ2n) is 7.53. The lowest BCUT2D eigenvalue weighted by Gasteiger charge is -2.24. The lowest BCUT2D eigenvalue weighted by atomic mass is 10.0. The van der Waals surface area contributed by atoms with E-state index < -0.39 is 0 Å². The summed E-state index contributed by atoms with van der Waals surface area (Å²) in [5, 5.41) is 13.3. The SMILES string of the molecule is CN(C)[C@H](CCC(=O)NC1CCc2ccc(Cl)cc21)Cc1ccc(O)cc1. The molecule has 0 bridgehead atoms. The first kappa shape index (κ1) is 19.7. The number of aromatic hydroxyl groups is 1. The largest absolute Gasteiger partial charge is 0.508 e. The van der Waals surface area contributed by atoms with Gasteiger partial charge in [0.2, 0.25) is 5.91 Å². The average molecular weight is 387 g/mol. The molecular formula is C22H27ClN2O2. The van der Waals surface area contributed by atoms with Gasteiger partial charge in [-0.2, -0.15) is 0 Å². The van der Waals surface area contributed by atoms with Gasteiger partial charge < -0.3 is 15.3 Å². The first-order valence-electron chi connectivity index (χ1n) is 9.44. The molecule has 4 nitrogen and oxygen atoms in total. The van der Waals surface area contributed by atoms with Gasteiger partial charge in [-0.05, 0) is 80.7 Å². The zero-order valence-corrected chi connectivity index (χ0v) is 16.7. The molecule has 1 amide bonds. The predicted molar refractivity (Wildman–Crippen MR) is 109 cm³/mol. The van der Waals surface area contributed by atoms with Gasteiger partial charge in [0.05, 0.1) is 6.04 Å². The molecule has 0 spiro atoms. The number of likely N-dealkylation sites (N-methyl/N-ethyl adjacent to an activating group) is 1. The van der Waals surface area contributed by atoms with Gasteiger partial charge in [0.15, 0.2) is 0 Å². The van der Waals surface area contributed by atoms with Crippen molar-refractivity contribution >= 4 is 17.5 Å². The second kappa shape index (κ2) is 8.77. The van der Waals surface area contributed by atoms with E-state index in [1.165, 1.54) is 5.56 Å². The minimum absolute atomic E-state index is 0.0705. The van der Waals surface area contributed by atoms with Gasteiger partial charge in [-0.1, -0.05) is 29.8 Å². The van der Waals surface area contributed by atoms with Crippen molar-refractivity contribution in [1.82, 2.24) is 10.2 Å². The van der Waals surface area contributed by atoms with Crippen molar-refractivity contribution in [3.8, 4) is 5.75 Å². The molecule has 0 heterocycles. The van der Waals surface area contributed by atoms with Gasteiger partial charge >= 0.3 is 0 Å². The number of rotatable bonds is 7. The third-order valence-electron chi connectivity index (χ3n) is 5.36. The van der Waals surface area contributed by atoms with E-state index in [0.717, 1.165) is 41.8 Å². The fourth-order valence-corrected chi connectivity index (χ4v) is 3.91. The van der Waals surface area contributed by atoms with E-state index in [9.17, 15) is 9.90 Å². The Morgan fingerprint density at radius 1 is 1.26 bits per heavy atom. The first-order valence-corrected chi connectivity index (χ1v) is 9.82. The van der Waals surface area contributed by atoms with Crippen molar-refractivity contribution in [2.24, 2.45) is 0 Å². The van der Waals surface area contributed by atoms with Crippen LogP contribution in [0.3, 0.4) is 0 Å². The molecule has 27 heavy (non-hydrogen) atoms. The summed E-state index contributed by atoms with van der Waals surface area (Å²) in [4.78, 5) is 14.7. The number of aryl methyl sites for hydroxylation is 1. The van der Waals surface area contributed by atoms with E-state index in [4.69, 9.17) is 11.6 Å². The van der Waals surface area contributed by atoms with Crippen LogP contribution in [-0.2, 0) is 17.6 Å². The summed E-state index contributed by atoms with van der Waals surface area (Å²) in [5.41, 5.74) is 3.60. The Balaban J connectivity index is 1.54. The van der Waals surface area contributed by atoms with Crippen LogP contribution < -0.4 is 5.32 Å². The number of carbonyl (C=O) groups excluding carboxylic acids is 1. The minimum Gasteiger partial charge on any atom is -0.508 e. The molecule has 0 radical (unpaired) electrons. The van der Waals surface area contributed by atoms with Gasteiger partial charge in [-0.25, -0.2) is 0 Å². The molecule has 2 N–H and O–H groups in total. The molecule has 144 valence electrons. The maximum atomic E-state index is 12.5. The number of hydrogen-bond donors (Lipinski definition) is 2. The maximum Gasteiger partial charge on any atom is 0.220 e. The van der Waals surface area contributed by atoms with Gasteiger partial charge in [0, 0.05) is 17.5 Å². The summed E-state index contributed by atoms with van der Waals surface area (Å²) in [6.07, 6.45) is 4.05. The number of benzene rings is 2. The number of halogens is 1. The van der Waals surface area contributed by atoms with Gasteiger partial charge in [0.1, 0.15) is 5.75 Å². The summed E-state index contributed by atoms with van der Waals surface area (Å²) in [5.74, 6) is 0.363. The quantitative estimate of drug-likeness (QED) is 0.753. The Morgan fingerprint density at radius 2 is 2.00 bits per heavy atom.